The molecule has 2 N–H and O–H groups in total. The zero-order chi connectivity index (χ0) is 10.8. The Morgan fingerprint density at radius 1 is 1.33 bits per heavy atom. The molecule has 1 heterocycles. The number of hydrogen-bond donors (Lipinski definition) is 2. The summed E-state index contributed by atoms with van der Waals surface area (Å²) in [6.07, 6.45) is 2.10. The number of carbonyl (C=O) groups is 2. The maximum Gasteiger partial charge on any atom is 0.234 e. The van der Waals surface area contributed by atoms with Crippen LogP contribution in [0, 0.1) is 5.92 Å². The van der Waals surface area contributed by atoms with Crippen LogP contribution in [0.15, 0.2) is 0 Å². The number of carbonyl (C=O) groups excluding carboxylic acids is 2. The molecule has 0 atom stereocenters. The standard InChI is InChI=1S/C10H17N3O2/c1-11-4-9(14)12-8-5-13(6-8)10(15)7-2-3-7/h7-8,11H,2-6H2,1H3,(H,12,14). The zero-order valence-corrected chi connectivity index (χ0v) is 8.95. The van der Waals surface area contributed by atoms with Crippen LogP contribution < -0.4 is 10.6 Å². The molecule has 15 heavy (non-hydrogen) atoms. The molecule has 0 spiro atoms. The number of likely N-dealkylation sites (tertiary alicyclic amines) is 1. The lowest BCUT2D eigenvalue weighted by Crippen LogP contribution is -2.62. The lowest BCUT2D eigenvalue weighted by molar-refractivity contribution is -0.139. The van der Waals surface area contributed by atoms with Crippen molar-refractivity contribution in [2.75, 3.05) is 26.7 Å². The van der Waals surface area contributed by atoms with Gasteiger partial charge in [-0.15, -0.1) is 0 Å². The van der Waals surface area contributed by atoms with Crippen LogP contribution in [0.3, 0.4) is 0 Å². The maximum atomic E-state index is 11.5. The van der Waals surface area contributed by atoms with Gasteiger partial charge < -0.3 is 15.5 Å². The second-order valence-electron chi connectivity index (χ2n) is 4.31. The van der Waals surface area contributed by atoms with E-state index in [9.17, 15) is 9.59 Å². The maximum absolute atomic E-state index is 11.5. The lowest BCUT2D eigenvalue weighted by atomic mass is 10.1. The molecular formula is C10H17N3O2. The van der Waals surface area contributed by atoms with Gasteiger partial charge in [-0.1, -0.05) is 0 Å². The van der Waals surface area contributed by atoms with Crippen molar-refractivity contribution in [3.63, 3.8) is 0 Å². The highest BCUT2D eigenvalue weighted by Crippen LogP contribution is 2.32. The topological polar surface area (TPSA) is 61.4 Å². The summed E-state index contributed by atoms with van der Waals surface area (Å²) in [6, 6.07) is 0.161. The fraction of sp³-hybridized carbons (Fsp3) is 0.800. The Bertz CT molecular complexity index is 270. The third kappa shape index (κ3) is 2.47. The van der Waals surface area contributed by atoms with E-state index in [0.29, 0.717) is 25.6 Å². The minimum atomic E-state index is 0.000945. The van der Waals surface area contributed by atoms with Gasteiger partial charge in [0.25, 0.3) is 0 Å². The van der Waals surface area contributed by atoms with E-state index >= 15 is 0 Å². The summed E-state index contributed by atoms with van der Waals surface area (Å²) in [5.41, 5.74) is 0. The number of likely N-dealkylation sites (N-methyl/N-ethyl adjacent to an activating group) is 1. The third-order valence-corrected chi connectivity index (χ3v) is 2.82. The normalized spacial score (nSPS) is 21.0. The minimum Gasteiger partial charge on any atom is -0.349 e. The van der Waals surface area contributed by atoms with Crippen molar-refractivity contribution in [1.29, 1.82) is 0 Å². The van der Waals surface area contributed by atoms with Gasteiger partial charge in [0.05, 0.1) is 12.6 Å². The van der Waals surface area contributed by atoms with Gasteiger partial charge in [-0.05, 0) is 19.9 Å². The summed E-state index contributed by atoms with van der Waals surface area (Å²) >= 11 is 0. The van der Waals surface area contributed by atoms with Gasteiger partial charge in [0, 0.05) is 19.0 Å². The fourth-order valence-corrected chi connectivity index (χ4v) is 1.78. The first-order valence-electron chi connectivity index (χ1n) is 5.43. The fourth-order valence-electron chi connectivity index (χ4n) is 1.78. The van der Waals surface area contributed by atoms with E-state index in [-0.39, 0.29) is 17.9 Å². The van der Waals surface area contributed by atoms with Crippen LogP contribution in [-0.2, 0) is 9.59 Å². The highest BCUT2D eigenvalue weighted by atomic mass is 16.2. The summed E-state index contributed by atoms with van der Waals surface area (Å²) in [5, 5.41) is 5.66. The molecule has 5 nitrogen and oxygen atoms in total. The Labute approximate surface area is 89.2 Å². The molecule has 1 saturated carbocycles. The number of amides is 2. The first kappa shape index (κ1) is 10.4. The molecule has 2 amide bonds. The third-order valence-electron chi connectivity index (χ3n) is 2.82. The van der Waals surface area contributed by atoms with E-state index in [1.54, 1.807) is 7.05 Å². The monoisotopic (exact) mass is 211 g/mol. The van der Waals surface area contributed by atoms with Crippen LogP contribution >= 0.6 is 0 Å². The number of nitrogens with one attached hydrogen (secondary N) is 2. The molecule has 2 rings (SSSR count). The Balaban J connectivity index is 1.64. The predicted molar refractivity (Wildman–Crippen MR) is 55.2 cm³/mol. The van der Waals surface area contributed by atoms with E-state index in [0.717, 1.165) is 12.8 Å². The van der Waals surface area contributed by atoms with Crippen LogP contribution in [0.4, 0.5) is 0 Å². The average molecular weight is 211 g/mol. The van der Waals surface area contributed by atoms with E-state index in [2.05, 4.69) is 10.6 Å². The van der Waals surface area contributed by atoms with Gasteiger partial charge in [-0.3, -0.25) is 9.59 Å². The highest BCUT2D eigenvalue weighted by molar-refractivity contribution is 5.83. The largest absolute Gasteiger partial charge is 0.349 e. The number of nitrogens with zero attached hydrogens (tertiary/aromatic N) is 1. The van der Waals surface area contributed by atoms with Crippen LogP contribution in [0.2, 0.25) is 0 Å². The molecule has 5 heteroatoms. The van der Waals surface area contributed by atoms with Crippen molar-refractivity contribution in [2.24, 2.45) is 5.92 Å². The zero-order valence-electron chi connectivity index (χ0n) is 8.95. The van der Waals surface area contributed by atoms with Gasteiger partial charge in [-0.2, -0.15) is 0 Å². The van der Waals surface area contributed by atoms with Crippen molar-refractivity contribution >= 4 is 11.8 Å². The van der Waals surface area contributed by atoms with Crippen molar-refractivity contribution in [2.45, 2.75) is 18.9 Å². The molecule has 1 saturated heterocycles. The van der Waals surface area contributed by atoms with Crippen LogP contribution in [0.25, 0.3) is 0 Å². The highest BCUT2D eigenvalue weighted by Gasteiger charge is 2.39. The molecule has 2 fully saturated rings. The molecular weight excluding hydrogens is 194 g/mol. The van der Waals surface area contributed by atoms with Crippen molar-refractivity contribution in [1.82, 2.24) is 15.5 Å². The second-order valence-corrected chi connectivity index (χ2v) is 4.31. The quantitative estimate of drug-likeness (QED) is 0.623. The van der Waals surface area contributed by atoms with Crippen LogP contribution in [-0.4, -0.2) is 49.4 Å². The number of hydrogen-bond acceptors (Lipinski definition) is 3. The van der Waals surface area contributed by atoms with Gasteiger partial charge >= 0.3 is 0 Å². The molecule has 0 bridgehead atoms. The first-order valence-corrected chi connectivity index (χ1v) is 5.43. The second kappa shape index (κ2) is 4.18. The first-order chi connectivity index (χ1) is 7.20. The molecule has 0 radical (unpaired) electrons. The Kier molecular flexibility index (Phi) is 2.90. The SMILES string of the molecule is CNCC(=O)NC1CN(C(=O)C2CC2)C1. The van der Waals surface area contributed by atoms with Crippen molar-refractivity contribution < 1.29 is 9.59 Å². The molecule has 0 aromatic rings. The molecule has 1 aliphatic carbocycles. The Morgan fingerprint density at radius 3 is 2.53 bits per heavy atom. The summed E-state index contributed by atoms with van der Waals surface area (Å²) < 4.78 is 0. The van der Waals surface area contributed by atoms with Gasteiger partial charge in [0.2, 0.25) is 11.8 Å². The smallest absolute Gasteiger partial charge is 0.234 e. The van der Waals surface area contributed by atoms with Crippen molar-refractivity contribution in [3.05, 3.63) is 0 Å². The van der Waals surface area contributed by atoms with Crippen LogP contribution in [0.1, 0.15) is 12.8 Å². The summed E-state index contributed by atoms with van der Waals surface area (Å²) in [6.45, 7) is 1.71. The summed E-state index contributed by atoms with van der Waals surface area (Å²) in [5.74, 6) is 0.564. The van der Waals surface area contributed by atoms with E-state index in [1.807, 2.05) is 4.90 Å². The van der Waals surface area contributed by atoms with Gasteiger partial charge in [0.1, 0.15) is 0 Å². The lowest BCUT2D eigenvalue weighted by Gasteiger charge is -2.39. The Hall–Kier alpha value is -1.10. The molecule has 0 aromatic carbocycles. The van der Waals surface area contributed by atoms with Crippen LogP contribution in [0.5, 0.6) is 0 Å². The molecule has 0 unspecified atom stereocenters. The van der Waals surface area contributed by atoms with Crippen molar-refractivity contribution in [3.8, 4) is 0 Å². The molecule has 84 valence electrons. The van der Waals surface area contributed by atoms with E-state index in [4.69, 9.17) is 0 Å². The summed E-state index contributed by atoms with van der Waals surface area (Å²) in [7, 11) is 1.74. The van der Waals surface area contributed by atoms with Gasteiger partial charge in [-0.25, -0.2) is 0 Å². The Morgan fingerprint density at radius 2 is 2.00 bits per heavy atom. The van der Waals surface area contributed by atoms with Gasteiger partial charge in [0.15, 0.2) is 0 Å². The number of rotatable bonds is 4. The molecule has 1 aliphatic heterocycles. The predicted octanol–water partition coefficient (Wildman–Crippen LogP) is -1.06. The van der Waals surface area contributed by atoms with E-state index in [1.165, 1.54) is 0 Å². The van der Waals surface area contributed by atoms with E-state index < -0.39 is 0 Å². The molecule has 2 aliphatic rings. The molecule has 0 aromatic heterocycles. The summed E-state index contributed by atoms with van der Waals surface area (Å²) in [4.78, 5) is 24.6. The average Bonchev–Trinajstić information content (AvgIpc) is 2.93. The minimum absolute atomic E-state index is 0.000945.